The molecule has 9 heteroatoms. The van der Waals surface area contributed by atoms with Crippen LogP contribution in [0.25, 0.3) is 0 Å². The lowest BCUT2D eigenvalue weighted by atomic mass is 10.0. The summed E-state index contributed by atoms with van der Waals surface area (Å²) < 4.78 is 5.79. The van der Waals surface area contributed by atoms with Crippen molar-refractivity contribution in [2.45, 2.75) is 161 Å². The van der Waals surface area contributed by atoms with E-state index in [-0.39, 0.29) is 30.9 Å². The van der Waals surface area contributed by atoms with Gasteiger partial charge in [0.1, 0.15) is 12.1 Å². The number of rotatable bonds is 30. The standard InChI is InChI=1S/C35H62N2O7/c1-3-5-7-8-9-10-11-12-13-14-15-16-17-18-19-23-27-34(41)44-30(24-6-4-2)25-21-20-22-26-32(39)36-28-33(40)37-31(29-38)35(42)43/h10-11,13-14,30-31,38H,3-9,12,15-29H2,1-2H3,(H,36,39)(H,37,40)(H,42,43)/b11-10-,14-13-. The number of allylic oxidation sites excluding steroid dienone is 4. The summed E-state index contributed by atoms with van der Waals surface area (Å²) in [6, 6.07) is -1.39. The SMILES string of the molecule is CCCCCC/C=C\C/C=C\CCCCCCCC(=O)OC(CCCC)CCCCCC(=O)NCC(=O)NC(CO)C(=O)O. The van der Waals surface area contributed by atoms with Crippen LogP contribution >= 0.6 is 0 Å². The third-order valence-corrected chi connectivity index (χ3v) is 7.45. The number of unbranched alkanes of at least 4 members (excludes halogenated alkanes) is 12. The molecule has 0 spiro atoms. The molecule has 0 bridgehead atoms. The van der Waals surface area contributed by atoms with Crippen LogP contribution in [0, 0.1) is 0 Å². The number of carbonyl (C=O) groups excluding carboxylic acids is 3. The van der Waals surface area contributed by atoms with E-state index in [4.69, 9.17) is 14.9 Å². The summed E-state index contributed by atoms with van der Waals surface area (Å²) in [5.41, 5.74) is 0. The molecule has 44 heavy (non-hydrogen) atoms. The molecule has 2 unspecified atom stereocenters. The minimum atomic E-state index is -1.39. The lowest BCUT2D eigenvalue weighted by Crippen LogP contribution is -2.47. The summed E-state index contributed by atoms with van der Waals surface area (Å²) in [7, 11) is 0. The number of nitrogens with one attached hydrogen (secondary N) is 2. The zero-order chi connectivity index (χ0) is 32.7. The first-order valence-corrected chi connectivity index (χ1v) is 17.2. The second-order valence-corrected chi connectivity index (χ2v) is 11.6. The van der Waals surface area contributed by atoms with Crippen LogP contribution < -0.4 is 10.6 Å². The highest BCUT2D eigenvalue weighted by atomic mass is 16.5. The minimum absolute atomic E-state index is 0.0867. The molecule has 0 aromatic heterocycles. The number of hydrogen-bond acceptors (Lipinski definition) is 6. The molecule has 0 saturated heterocycles. The van der Waals surface area contributed by atoms with Gasteiger partial charge in [-0.05, 0) is 64.2 Å². The van der Waals surface area contributed by atoms with Crippen LogP contribution in [0.2, 0.25) is 0 Å². The number of aliphatic carboxylic acids is 1. The Bertz CT molecular complexity index is 813. The van der Waals surface area contributed by atoms with Gasteiger partial charge in [0.25, 0.3) is 0 Å². The first-order valence-electron chi connectivity index (χ1n) is 17.2. The Balaban J connectivity index is 3.93. The van der Waals surface area contributed by atoms with Gasteiger partial charge >= 0.3 is 11.9 Å². The molecule has 0 aliphatic carbocycles. The summed E-state index contributed by atoms with van der Waals surface area (Å²) in [5.74, 6) is -2.42. The van der Waals surface area contributed by atoms with Gasteiger partial charge in [0.2, 0.25) is 11.8 Å². The number of aliphatic hydroxyl groups excluding tert-OH is 1. The number of carboxylic acids is 1. The van der Waals surface area contributed by atoms with Crippen molar-refractivity contribution in [2.24, 2.45) is 0 Å². The van der Waals surface area contributed by atoms with E-state index in [2.05, 4.69) is 48.8 Å². The fraction of sp³-hybridized carbons (Fsp3) is 0.771. The molecule has 2 amide bonds. The van der Waals surface area contributed by atoms with E-state index in [1.165, 1.54) is 44.9 Å². The average molecular weight is 623 g/mol. The van der Waals surface area contributed by atoms with Gasteiger partial charge in [-0.1, -0.05) is 95.9 Å². The van der Waals surface area contributed by atoms with Crippen LogP contribution in [-0.2, 0) is 23.9 Å². The molecule has 9 nitrogen and oxygen atoms in total. The minimum Gasteiger partial charge on any atom is -0.480 e. The van der Waals surface area contributed by atoms with Crippen molar-refractivity contribution >= 4 is 23.8 Å². The van der Waals surface area contributed by atoms with Crippen molar-refractivity contribution in [2.75, 3.05) is 13.2 Å². The van der Waals surface area contributed by atoms with E-state index >= 15 is 0 Å². The Kier molecular flexibility index (Phi) is 28.5. The summed E-state index contributed by atoms with van der Waals surface area (Å²) >= 11 is 0. The van der Waals surface area contributed by atoms with E-state index in [0.29, 0.717) is 12.8 Å². The van der Waals surface area contributed by atoms with Crippen molar-refractivity contribution in [3.05, 3.63) is 24.3 Å². The zero-order valence-electron chi connectivity index (χ0n) is 27.7. The van der Waals surface area contributed by atoms with Gasteiger partial charge in [0.05, 0.1) is 13.2 Å². The molecule has 0 aliphatic heterocycles. The second-order valence-electron chi connectivity index (χ2n) is 11.6. The molecule has 0 radical (unpaired) electrons. The van der Waals surface area contributed by atoms with E-state index in [1.807, 2.05) is 0 Å². The van der Waals surface area contributed by atoms with Crippen LogP contribution in [0.3, 0.4) is 0 Å². The molecule has 254 valence electrons. The molecule has 2 atom stereocenters. The number of esters is 1. The lowest BCUT2D eigenvalue weighted by Gasteiger charge is -2.18. The second kappa shape index (κ2) is 30.4. The van der Waals surface area contributed by atoms with Gasteiger partial charge in [0.15, 0.2) is 0 Å². The van der Waals surface area contributed by atoms with Crippen molar-refractivity contribution in [1.29, 1.82) is 0 Å². The number of carbonyl (C=O) groups is 4. The Morgan fingerprint density at radius 1 is 0.682 bits per heavy atom. The first kappa shape index (κ1) is 41.3. The highest BCUT2D eigenvalue weighted by Gasteiger charge is 2.19. The van der Waals surface area contributed by atoms with Gasteiger partial charge in [0, 0.05) is 12.8 Å². The molecule has 0 rings (SSSR count). The molecule has 0 heterocycles. The van der Waals surface area contributed by atoms with Crippen LogP contribution in [0.15, 0.2) is 24.3 Å². The maximum atomic E-state index is 12.4. The molecular formula is C35H62N2O7. The smallest absolute Gasteiger partial charge is 0.328 e. The van der Waals surface area contributed by atoms with Crippen molar-refractivity contribution in [1.82, 2.24) is 10.6 Å². The molecular weight excluding hydrogens is 560 g/mol. The quantitative estimate of drug-likeness (QED) is 0.0387. The fourth-order valence-electron chi connectivity index (χ4n) is 4.73. The Morgan fingerprint density at radius 2 is 1.25 bits per heavy atom. The van der Waals surface area contributed by atoms with E-state index in [9.17, 15) is 19.2 Å². The van der Waals surface area contributed by atoms with Crippen molar-refractivity contribution in [3.8, 4) is 0 Å². The van der Waals surface area contributed by atoms with Gasteiger partial charge in [-0.15, -0.1) is 0 Å². The van der Waals surface area contributed by atoms with Crippen molar-refractivity contribution < 1.29 is 34.1 Å². The molecule has 0 aromatic carbocycles. The van der Waals surface area contributed by atoms with Crippen LogP contribution in [-0.4, -0.2) is 59.3 Å². The van der Waals surface area contributed by atoms with Gasteiger partial charge in [-0.2, -0.15) is 0 Å². The number of amides is 2. The van der Waals surface area contributed by atoms with E-state index in [1.54, 1.807) is 0 Å². The molecule has 0 aromatic rings. The predicted octanol–water partition coefficient (Wildman–Crippen LogP) is 6.92. The number of carboxylic acid groups (broad SMARTS) is 1. The Hall–Kier alpha value is -2.68. The Morgan fingerprint density at radius 3 is 1.89 bits per heavy atom. The average Bonchev–Trinajstić information content (AvgIpc) is 3.00. The van der Waals surface area contributed by atoms with Crippen molar-refractivity contribution in [3.63, 3.8) is 0 Å². The van der Waals surface area contributed by atoms with Crippen LogP contribution in [0.1, 0.15) is 149 Å². The van der Waals surface area contributed by atoms with Gasteiger partial charge < -0.3 is 25.6 Å². The molecule has 0 aliphatic rings. The largest absolute Gasteiger partial charge is 0.480 e. The highest BCUT2D eigenvalue weighted by Crippen LogP contribution is 2.16. The summed E-state index contributed by atoms with van der Waals surface area (Å²) in [5, 5.41) is 22.4. The molecule has 4 N–H and O–H groups in total. The first-order chi connectivity index (χ1) is 21.3. The van der Waals surface area contributed by atoms with E-state index < -0.39 is 24.5 Å². The number of aliphatic hydroxyl groups is 1. The summed E-state index contributed by atoms with van der Waals surface area (Å²) in [6.45, 7) is 3.30. The molecule has 0 saturated carbocycles. The van der Waals surface area contributed by atoms with Gasteiger partial charge in [-0.3, -0.25) is 14.4 Å². The lowest BCUT2D eigenvalue weighted by molar-refractivity contribution is -0.150. The summed E-state index contributed by atoms with van der Waals surface area (Å²) in [4.78, 5) is 46.9. The monoisotopic (exact) mass is 622 g/mol. The zero-order valence-corrected chi connectivity index (χ0v) is 27.7. The number of hydrogen-bond donors (Lipinski definition) is 4. The highest BCUT2D eigenvalue weighted by molar-refractivity contribution is 5.87. The topological polar surface area (TPSA) is 142 Å². The van der Waals surface area contributed by atoms with Gasteiger partial charge in [-0.25, -0.2) is 4.79 Å². The number of ether oxygens (including phenoxy) is 1. The maximum absolute atomic E-state index is 12.4. The van der Waals surface area contributed by atoms with Crippen LogP contribution in [0.5, 0.6) is 0 Å². The third kappa shape index (κ3) is 26.9. The normalized spacial score (nSPS) is 12.8. The summed E-state index contributed by atoms with van der Waals surface area (Å²) in [6.07, 6.45) is 29.7. The third-order valence-electron chi connectivity index (χ3n) is 7.45. The fourth-order valence-corrected chi connectivity index (χ4v) is 4.73. The Labute approximate surface area is 266 Å². The maximum Gasteiger partial charge on any atom is 0.328 e. The van der Waals surface area contributed by atoms with Crippen LogP contribution in [0.4, 0.5) is 0 Å². The predicted molar refractivity (Wildman–Crippen MR) is 176 cm³/mol. The van der Waals surface area contributed by atoms with E-state index in [0.717, 1.165) is 70.6 Å². The molecule has 0 fully saturated rings.